The van der Waals surface area contributed by atoms with Gasteiger partial charge in [0.05, 0.1) is 5.02 Å². The smallest absolute Gasteiger partial charge is 0.160 e. The quantitative estimate of drug-likeness (QED) is 0.682. The Hall–Kier alpha value is -1.02. The molecule has 1 N–H and O–H groups in total. The second-order valence-corrected chi connectivity index (χ2v) is 3.01. The first-order chi connectivity index (χ1) is 5.54. The monoisotopic (exact) mass is 184 g/mol. The lowest BCUT2D eigenvalue weighted by atomic mass is 10.1. The molecule has 0 aliphatic carbocycles. The summed E-state index contributed by atoms with van der Waals surface area (Å²) in [5.41, 5.74) is 1.18. The van der Waals surface area contributed by atoms with Gasteiger partial charge in [0, 0.05) is 5.56 Å². The van der Waals surface area contributed by atoms with Crippen LogP contribution in [0.15, 0.2) is 12.1 Å². The SMILES string of the molecule is CC(=O)c1ccc(O)c(Cl)c1C. The maximum Gasteiger partial charge on any atom is 0.160 e. The molecule has 1 aromatic rings. The molecule has 12 heavy (non-hydrogen) atoms. The van der Waals surface area contributed by atoms with Gasteiger partial charge in [-0.25, -0.2) is 0 Å². The fourth-order valence-corrected chi connectivity index (χ4v) is 1.22. The maximum absolute atomic E-state index is 11.0. The van der Waals surface area contributed by atoms with E-state index in [1.165, 1.54) is 13.0 Å². The molecule has 0 spiro atoms. The highest BCUT2D eigenvalue weighted by atomic mass is 35.5. The van der Waals surface area contributed by atoms with Gasteiger partial charge in [-0.15, -0.1) is 0 Å². The Kier molecular flexibility index (Phi) is 2.38. The highest BCUT2D eigenvalue weighted by Crippen LogP contribution is 2.28. The van der Waals surface area contributed by atoms with Crippen LogP contribution in [0.4, 0.5) is 0 Å². The van der Waals surface area contributed by atoms with Crippen molar-refractivity contribution in [2.75, 3.05) is 0 Å². The minimum absolute atomic E-state index is 0.0131. The van der Waals surface area contributed by atoms with Crippen molar-refractivity contribution >= 4 is 17.4 Å². The van der Waals surface area contributed by atoms with E-state index in [0.29, 0.717) is 11.1 Å². The fourth-order valence-electron chi connectivity index (χ4n) is 1.05. The molecule has 0 fully saturated rings. The topological polar surface area (TPSA) is 37.3 Å². The Morgan fingerprint density at radius 1 is 1.50 bits per heavy atom. The fraction of sp³-hybridized carbons (Fsp3) is 0.222. The van der Waals surface area contributed by atoms with Gasteiger partial charge in [-0.05, 0) is 31.5 Å². The number of benzene rings is 1. The number of carbonyl (C=O) groups is 1. The summed E-state index contributed by atoms with van der Waals surface area (Å²) >= 11 is 5.72. The van der Waals surface area contributed by atoms with Crippen LogP contribution in [0.5, 0.6) is 5.75 Å². The lowest BCUT2D eigenvalue weighted by molar-refractivity contribution is 0.101. The van der Waals surface area contributed by atoms with Crippen LogP contribution in [-0.4, -0.2) is 10.9 Å². The predicted octanol–water partition coefficient (Wildman–Crippen LogP) is 2.56. The van der Waals surface area contributed by atoms with Gasteiger partial charge in [0.2, 0.25) is 0 Å². The molecule has 0 aromatic heterocycles. The lowest BCUT2D eigenvalue weighted by Crippen LogP contribution is -1.95. The minimum Gasteiger partial charge on any atom is -0.506 e. The third-order valence-electron chi connectivity index (χ3n) is 1.75. The Morgan fingerprint density at radius 2 is 2.08 bits per heavy atom. The zero-order chi connectivity index (χ0) is 9.30. The number of aromatic hydroxyl groups is 1. The molecule has 0 unspecified atom stereocenters. The number of halogens is 1. The summed E-state index contributed by atoms with van der Waals surface area (Å²) in [4.78, 5) is 11.0. The Labute approximate surface area is 75.8 Å². The van der Waals surface area contributed by atoms with E-state index in [1.807, 2.05) is 0 Å². The zero-order valence-corrected chi connectivity index (χ0v) is 7.64. The van der Waals surface area contributed by atoms with E-state index in [4.69, 9.17) is 16.7 Å². The molecular weight excluding hydrogens is 176 g/mol. The van der Waals surface area contributed by atoms with Gasteiger partial charge in [0.25, 0.3) is 0 Å². The van der Waals surface area contributed by atoms with Gasteiger partial charge in [-0.1, -0.05) is 11.6 Å². The van der Waals surface area contributed by atoms with Crippen molar-refractivity contribution in [2.24, 2.45) is 0 Å². The molecule has 0 aliphatic rings. The van der Waals surface area contributed by atoms with Crippen molar-refractivity contribution in [3.8, 4) is 5.75 Å². The molecule has 0 heterocycles. The summed E-state index contributed by atoms with van der Waals surface area (Å²) in [7, 11) is 0. The third-order valence-corrected chi connectivity index (χ3v) is 2.22. The van der Waals surface area contributed by atoms with Gasteiger partial charge in [0.15, 0.2) is 5.78 Å². The second kappa shape index (κ2) is 3.15. The second-order valence-electron chi connectivity index (χ2n) is 2.63. The Bertz CT molecular complexity index is 332. The van der Waals surface area contributed by atoms with Crippen molar-refractivity contribution in [2.45, 2.75) is 13.8 Å². The van der Waals surface area contributed by atoms with Crippen LogP contribution in [-0.2, 0) is 0 Å². The average molecular weight is 185 g/mol. The Balaban J connectivity index is 3.36. The molecule has 0 saturated carbocycles. The summed E-state index contributed by atoms with van der Waals surface area (Å²) in [6, 6.07) is 2.99. The first-order valence-electron chi connectivity index (χ1n) is 3.53. The van der Waals surface area contributed by atoms with Crippen LogP contribution in [0.2, 0.25) is 5.02 Å². The average Bonchev–Trinajstić information content (AvgIpc) is 2.00. The van der Waals surface area contributed by atoms with Crippen molar-refractivity contribution in [1.82, 2.24) is 0 Å². The Morgan fingerprint density at radius 3 is 2.58 bits per heavy atom. The van der Waals surface area contributed by atoms with Crippen LogP contribution in [0.25, 0.3) is 0 Å². The molecule has 0 saturated heterocycles. The molecule has 0 amide bonds. The number of Topliss-reactive ketones (excluding diaryl/α,β-unsaturated/α-hetero) is 1. The molecule has 3 heteroatoms. The summed E-state index contributed by atoms with van der Waals surface area (Å²) in [6.45, 7) is 3.18. The van der Waals surface area contributed by atoms with E-state index in [9.17, 15) is 4.79 Å². The first kappa shape index (κ1) is 9.07. The molecule has 0 radical (unpaired) electrons. The van der Waals surface area contributed by atoms with Crippen LogP contribution >= 0.6 is 11.6 Å². The summed E-state index contributed by atoms with van der Waals surface area (Å²) < 4.78 is 0. The molecule has 1 rings (SSSR count). The van der Waals surface area contributed by atoms with Gasteiger partial charge < -0.3 is 5.11 Å². The molecular formula is C9H9ClO2. The standard InChI is InChI=1S/C9H9ClO2/c1-5-7(6(2)11)3-4-8(12)9(5)10/h3-4,12H,1-2H3. The van der Waals surface area contributed by atoms with Crippen molar-refractivity contribution in [3.63, 3.8) is 0 Å². The number of ketones is 1. The number of hydrogen-bond acceptors (Lipinski definition) is 2. The molecule has 0 aliphatic heterocycles. The summed E-state index contributed by atoms with van der Waals surface area (Å²) in [5, 5.41) is 9.42. The van der Waals surface area contributed by atoms with Crippen LogP contribution in [0, 0.1) is 6.92 Å². The first-order valence-corrected chi connectivity index (χ1v) is 3.91. The van der Waals surface area contributed by atoms with Crippen LogP contribution in [0.3, 0.4) is 0 Å². The molecule has 64 valence electrons. The van der Waals surface area contributed by atoms with Gasteiger partial charge in [-0.3, -0.25) is 4.79 Å². The van der Waals surface area contributed by atoms with Crippen molar-refractivity contribution in [1.29, 1.82) is 0 Å². The highest BCUT2D eigenvalue weighted by Gasteiger charge is 2.09. The van der Waals surface area contributed by atoms with Crippen molar-refractivity contribution < 1.29 is 9.90 Å². The van der Waals surface area contributed by atoms with E-state index in [1.54, 1.807) is 13.0 Å². The third kappa shape index (κ3) is 1.43. The van der Waals surface area contributed by atoms with E-state index < -0.39 is 0 Å². The number of rotatable bonds is 1. The number of hydrogen-bond donors (Lipinski definition) is 1. The zero-order valence-electron chi connectivity index (χ0n) is 6.89. The number of carbonyl (C=O) groups excluding carboxylic acids is 1. The van der Waals surface area contributed by atoms with Gasteiger partial charge in [-0.2, -0.15) is 0 Å². The molecule has 0 atom stereocenters. The summed E-state index contributed by atoms with van der Waals surface area (Å²) in [6.07, 6.45) is 0. The van der Waals surface area contributed by atoms with Crippen LogP contribution < -0.4 is 0 Å². The van der Waals surface area contributed by atoms with Gasteiger partial charge >= 0.3 is 0 Å². The maximum atomic E-state index is 11.0. The van der Waals surface area contributed by atoms with E-state index in [-0.39, 0.29) is 16.6 Å². The molecule has 0 bridgehead atoms. The minimum atomic E-state index is -0.0469. The van der Waals surface area contributed by atoms with Crippen LogP contribution in [0.1, 0.15) is 22.8 Å². The normalized spacial score (nSPS) is 9.92. The molecule has 2 nitrogen and oxygen atoms in total. The highest BCUT2D eigenvalue weighted by molar-refractivity contribution is 6.33. The number of phenols is 1. The van der Waals surface area contributed by atoms with E-state index in [2.05, 4.69) is 0 Å². The lowest BCUT2D eigenvalue weighted by Gasteiger charge is -2.04. The largest absolute Gasteiger partial charge is 0.506 e. The predicted molar refractivity (Wildman–Crippen MR) is 47.9 cm³/mol. The van der Waals surface area contributed by atoms with E-state index >= 15 is 0 Å². The summed E-state index contributed by atoms with van der Waals surface area (Å²) in [5.74, 6) is -0.0337. The number of phenolic OH excluding ortho intramolecular Hbond substituents is 1. The van der Waals surface area contributed by atoms with Crippen molar-refractivity contribution in [3.05, 3.63) is 28.3 Å². The molecule has 1 aromatic carbocycles. The van der Waals surface area contributed by atoms with E-state index in [0.717, 1.165) is 0 Å². The van der Waals surface area contributed by atoms with Gasteiger partial charge in [0.1, 0.15) is 5.75 Å².